The van der Waals surface area contributed by atoms with Crippen LogP contribution >= 0.6 is 0 Å². The van der Waals surface area contributed by atoms with Gasteiger partial charge in [0.15, 0.2) is 0 Å². The summed E-state index contributed by atoms with van der Waals surface area (Å²) in [4.78, 5) is 0. The van der Waals surface area contributed by atoms with Crippen molar-refractivity contribution in [3.05, 3.63) is 71.8 Å². The summed E-state index contributed by atoms with van der Waals surface area (Å²) in [6.45, 7) is 0. The number of rotatable bonds is 0. The summed E-state index contributed by atoms with van der Waals surface area (Å²) in [5.74, 6) is 1.33. The third-order valence-electron chi connectivity index (χ3n) is 6.07. The number of nitrogens with zero attached hydrogens (tertiary/aromatic N) is 1. The number of fused-ring (bicyclic) bond motifs is 9. The van der Waals surface area contributed by atoms with Crippen LogP contribution in [-0.4, -0.2) is 0 Å². The van der Waals surface area contributed by atoms with Crippen LogP contribution in [0.25, 0.3) is 11.1 Å². The molecule has 0 N–H and O–H groups in total. The monoisotopic (exact) mass is 283 g/mol. The van der Waals surface area contributed by atoms with Crippen molar-refractivity contribution >= 4 is 0 Å². The van der Waals surface area contributed by atoms with E-state index in [-0.39, 0.29) is 5.41 Å². The maximum atomic E-state index is 10.2. The number of benzene rings is 2. The molecule has 2 aromatic carbocycles. The molecule has 0 aromatic heterocycles. The Morgan fingerprint density at radius 1 is 1.00 bits per heavy atom. The Labute approximate surface area is 130 Å². The van der Waals surface area contributed by atoms with E-state index >= 15 is 0 Å². The van der Waals surface area contributed by atoms with E-state index in [0.717, 1.165) is 12.8 Å². The molecule has 22 heavy (non-hydrogen) atoms. The molecule has 0 radical (unpaired) electrons. The Kier molecular flexibility index (Phi) is 2.29. The zero-order valence-electron chi connectivity index (χ0n) is 12.4. The number of hydrogen-bond donors (Lipinski definition) is 0. The predicted molar refractivity (Wildman–Crippen MR) is 87.3 cm³/mol. The van der Waals surface area contributed by atoms with Gasteiger partial charge in [0, 0.05) is 5.92 Å². The molecule has 1 fully saturated rings. The van der Waals surface area contributed by atoms with E-state index < -0.39 is 0 Å². The first-order chi connectivity index (χ1) is 10.9. The lowest BCUT2D eigenvalue weighted by atomic mass is 9.39. The lowest BCUT2D eigenvalue weighted by Gasteiger charge is -2.61. The first kappa shape index (κ1) is 12.2. The quantitative estimate of drug-likeness (QED) is 0.637. The van der Waals surface area contributed by atoms with Crippen molar-refractivity contribution in [1.29, 1.82) is 5.26 Å². The molecule has 0 heterocycles. The highest BCUT2D eigenvalue weighted by atomic mass is 14.7. The van der Waals surface area contributed by atoms with E-state index in [9.17, 15) is 5.26 Å². The van der Waals surface area contributed by atoms with E-state index in [2.05, 4.69) is 66.8 Å². The van der Waals surface area contributed by atoms with Gasteiger partial charge in [-0.25, -0.2) is 0 Å². The Bertz CT molecular complexity index is 841. The van der Waals surface area contributed by atoms with Crippen LogP contribution in [0.5, 0.6) is 0 Å². The van der Waals surface area contributed by atoms with Crippen molar-refractivity contribution < 1.29 is 0 Å². The van der Waals surface area contributed by atoms with Gasteiger partial charge in [0.2, 0.25) is 0 Å². The molecule has 0 bridgehead atoms. The van der Waals surface area contributed by atoms with Crippen molar-refractivity contribution in [2.45, 2.75) is 24.2 Å². The van der Waals surface area contributed by atoms with Gasteiger partial charge in [-0.2, -0.15) is 5.26 Å². The summed E-state index contributed by atoms with van der Waals surface area (Å²) in [5, 5.41) is 10.2. The standard InChI is InChI=1S/C21H17N/c22-13-21-18-11-5-3-8-15(18)14-7-1-2-9-16(14)20(21)17-10-4-6-12-19(17)21/h1-5,7-11,17,19-20H,6,12H2/t17?,19?,20?,21-/m1/s1. The summed E-state index contributed by atoms with van der Waals surface area (Å²) in [5.41, 5.74) is 4.91. The van der Waals surface area contributed by atoms with Gasteiger partial charge < -0.3 is 0 Å². The van der Waals surface area contributed by atoms with Crippen molar-refractivity contribution in [3.63, 3.8) is 0 Å². The van der Waals surface area contributed by atoms with Gasteiger partial charge in [-0.15, -0.1) is 0 Å². The zero-order chi connectivity index (χ0) is 14.7. The maximum Gasteiger partial charge on any atom is 0.0936 e. The minimum absolute atomic E-state index is 0.319. The summed E-state index contributed by atoms with van der Waals surface area (Å²) in [7, 11) is 0. The third kappa shape index (κ3) is 1.21. The highest BCUT2D eigenvalue weighted by molar-refractivity contribution is 5.79. The van der Waals surface area contributed by atoms with E-state index in [4.69, 9.17) is 0 Å². The minimum atomic E-state index is -0.319. The van der Waals surface area contributed by atoms with E-state index in [1.165, 1.54) is 22.3 Å². The average Bonchev–Trinajstić information content (AvgIpc) is 2.58. The fourth-order valence-corrected chi connectivity index (χ4v) is 5.27. The largest absolute Gasteiger partial charge is 0.197 e. The molecule has 0 aliphatic heterocycles. The minimum Gasteiger partial charge on any atom is -0.197 e. The number of nitriles is 1. The predicted octanol–water partition coefficient (Wildman–Crippen LogP) is 4.81. The van der Waals surface area contributed by atoms with Gasteiger partial charge in [-0.05, 0) is 46.9 Å². The Morgan fingerprint density at radius 3 is 2.64 bits per heavy atom. The second-order valence-corrected chi connectivity index (χ2v) is 6.78. The van der Waals surface area contributed by atoms with Crippen molar-refractivity contribution in [1.82, 2.24) is 0 Å². The molecule has 0 amide bonds. The normalized spacial score (nSPS) is 33.5. The SMILES string of the molecule is N#C[C@]12c3ccccc3-c3ccccc3C1C1C=CCCC12. The molecule has 0 saturated heterocycles. The molecule has 3 unspecified atom stereocenters. The highest BCUT2D eigenvalue weighted by Gasteiger charge is 2.65. The van der Waals surface area contributed by atoms with Crippen molar-refractivity contribution in [3.8, 4) is 17.2 Å². The molecule has 4 atom stereocenters. The summed E-state index contributed by atoms with van der Waals surface area (Å²) >= 11 is 0. The molecular weight excluding hydrogens is 266 g/mol. The van der Waals surface area contributed by atoms with Gasteiger partial charge in [0.1, 0.15) is 0 Å². The fourth-order valence-electron chi connectivity index (χ4n) is 5.27. The Morgan fingerprint density at radius 2 is 1.77 bits per heavy atom. The molecule has 0 spiro atoms. The van der Waals surface area contributed by atoms with Gasteiger partial charge in [0.05, 0.1) is 11.5 Å². The molecule has 106 valence electrons. The van der Waals surface area contributed by atoms with E-state index in [1.807, 2.05) is 0 Å². The molecular formula is C21H17N. The first-order valence-corrected chi connectivity index (χ1v) is 8.14. The molecule has 5 rings (SSSR count). The summed E-state index contributed by atoms with van der Waals surface area (Å²) < 4.78 is 0. The van der Waals surface area contributed by atoms with Gasteiger partial charge in [0.25, 0.3) is 0 Å². The second kappa shape index (κ2) is 4.11. The molecule has 3 aliphatic carbocycles. The van der Waals surface area contributed by atoms with Crippen molar-refractivity contribution in [2.75, 3.05) is 0 Å². The van der Waals surface area contributed by atoms with Crippen LogP contribution in [0, 0.1) is 23.2 Å². The second-order valence-electron chi connectivity index (χ2n) is 6.78. The Hall–Kier alpha value is -2.33. The molecule has 3 aliphatic rings. The van der Waals surface area contributed by atoms with Gasteiger partial charge >= 0.3 is 0 Å². The number of allylic oxidation sites excluding steroid dienone is 2. The van der Waals surface area contributed by atoms with Gasteiger partial charge in [-0.3, -0.25) is 0 Å². The van der Waals surface area contributed by atoms with Crippen LogP contribution in [0.1, 0.15) is 29.9 Å². The van der Waals surface area contributed by atoms with E-state index in [0.29, 0.717) is 17.8 Å². The van der Waals surface area contributed by atoms with E-state index in [1.54, 1.807) is 0 Å². The van der Waals surface area contributed by atoms with Crippen LogP contribution in [-0.2, 0) is 5.41 Å². The van der Waals surface area contributed by atoms with Crippen LogP contribution in [0.3, 0.4) is 0 Å². The molecule has 2 aromatic rings. The summed E-state index contributed by atoms with van der Waals surface area (Å²) in [6.07, 6.45) is 6.94. The topological polar surface area (TPSA) is 23.8 Å². The molecule has 1 heteroatoms. The lowest BCUT2D eigenvalue weighted by molar-refractivity contribution is 0.0540. The molecule has 1 saturated carbocycles. The fraction of sp³-hybridized carbons (Fsp3) is 0.286. The maximum absolute atomic E-state index is 10.2. The van der Waals surface area contributed by atoms with Crippen molar-refractivity contribution in [2.24, 2.45) is 11.8 Å². The zero-order valence-corrected chi connectivity index (χ0v) is 12.4. The highest BCUT2D eigenvalue weighted by Crippen LogP contribution is 2.69. The lowest BCUT2D eigenvalue weighted by Crippen LogP contribution is -2.59. The van der Waals surface area contributed by atoms with Crippen LogP contribution < -0.4 is 0 Å². The molecule has 1 nitrogen and oxygen atoms in total. The van der Waals surface area contributed by atoms with Crippen LogP contribution in [0.15, 0.2) is 60.7 Å². The van der Waals surface area contributed by atoms with Crippen LogP contribution in [0.2, 0.25) is 0 Å². The smallest absolute Gasteiger partial charge is 0.0936 e. The number of hydrogen-bond acceptors (Lipinski definition) is 1. The van der Waals surface area contributed by atoms with Gasteiger partial charge in [-0.1, -0.05) is 60.7 Å². The average molecular weight is 283 g/mol. The first-order valence-electron chi connectivity index (χ1n) is 8.14. The summed E-state index contributed by atoms with van der Waals surface area (Å²) in [6, 6.07) is 20.0. The van der Waals surface area contributed by atoms with Crippen LogP contribution in [0.4, 0.5) is 0 Å². The third-order valence-corrected chi connectivity index (χ3v) is 6.07. The Balaban J connectivity index is 1.86.